The number of fused-ring (bicyclic) bond motifs is 1. The van der Waals surface area contributed by atoms with Crippen LogP contribution in [-0.4, -0.2) is 45.3 Å². The summed E-state index contributed by atoms with van der Waals surface area (Å²) in [5.74, 6) is -0.771. The van der Waals surface area contributed by atoms with E-state index in [1.165, 1.54) is 20.3 Å². The van der Waals surface area contributed by atoms with Gasteiger partial charge in [0.05, 0.1) is 30.5 Å². The molecule has 0 aromatic heterocycles. The monoisotopic (exact) mass is 481 g/mol. The molecule has 4 rings (SSSR count). The molecule has 0 radical (unpaired) electrons. The van der Waals surface area contributed by atoms with E-state index in [0.29, 0.717) is 29.7 Å². The molecule has 2 aromatic rings. The van der Waals surface area contributed by atoms with Crippen LogP contribution in [-0.2, 0) is 19.1 Å². The van der Waals surface area contributed by atoms with Crippen molar-refractivity contribution in [2.45, 2.75) is 39.0 Å². The van der Waals surface area contributed by atoms with E-state index in [-0.39, 0.29) is 30.2 Å². The van der Waals surface area contributed by atoms with Crippen molar-refractivity contribution in [1.29, 1.82) is 0 Å². The molecular weight excluding hydrogens is 449 g/mol. The first-order valence-corrected chi connectivity index (χ1v) is 11.7. The predicted molar refractivity (Wildman–Crippen MR) is 132 cm³/mol. The molecule has 0 fully saturated rings. The first-order valence-electron chi connectivity index (χ1n) is 11.7. The van der Waals surface area contributed by atoms with Gasteiger partial charge < -0.3 is 25.0 Å². The van der Waals surface area contributed by atoms with E-state index in [4.69, 9.17) is 9.47 Å². The van der Waals surface area contributed by atoms with Crippen molar-refractivity contribution in [2.24, 2.45) is 5.41 Å². The van der Waals surface area contributed by atoms with Crippen molar-refractivity contribution < 1.29 is 23.5 Å². The summed E-state index contributed by atoms with van der Waals surface area (Å²) < 4.78 is 25.6. The highest BCUT2D eigenvalue weighted by Gasteiger charge is 2.42. The Morgan fingerprint density at radius 2 is 1.83 bits per heavy atom. The van der Waals surface area contributed by atoms with E-state index in [9.17, 15) is 9.59 Å². The average Bonchev–Trinajstić information content (AvgIpc) is 2.94. The van der Waals surface area contributed by atoms with Crippen molar-refractivity contribution in [1.82, 2.24) is 5.32 Å². The van der Waals surface area contributed by atoms with E-state index in [1.54, 1.807) is 18.2 Å². The highest BCUT2D eigenvalue weighted by molar-refractivity contribution is 6.01. The van der Waals surface area contributed by atoms with Crippen LogP contribution in [0.25, 0.3) is 0 Å². The van der Waals surface area contributed by atoms with Gasteiger partial charge in [0.1, 0.15) is 5.82 Å². The maximum Gasteiger partial charge on any atom is 0.239 e. The van der Waals surface area contributed by atoms with Crippen LogP contribution in [0.3, 0.4) is 0 Å². The Morgan fingerprint density at radius 1 is 1.14 bits per heavy atom. The zero-order valence-corrected chi connectivity index (χ0v) is 20.6. The third-order valence-corrected chi connectivity index (χ3v) is 6.51. The molecular formula is C27H32FN3O4. The third kappa shape index (κ3) is 5.23. The van der Waals surface area contributed by atoms with Crippen LogP contribution in [0.5, 0.6) is 0 Å². The molecule has 1 aliphatic heterocycles. The number of nitrogens with one attached hydrogen (secondary N) is 2. The van der Waals surface area contributed by atoms with E-state index in [1.807, 2.05) is 29.2 Å². The van der Waals surface area contributed by atoms with Crippen molar-refractivity contribution in [3.05, 3.63) is 71.2 Å². The largest absolute Gasteiger partial charge is 0.357 e. The number of carbonyl (C=O) groups is 2. The molecule has 1 heterocycles. The van der Waals surface area contributed by atoms with Gasteiger partial charge in [0.25, 0.3) is 0 Å². The Kier molecular flexibility index (Phi) is 7.23. The van der Waals surface area contributed by atoms with Crippen LogP contribution >= 0.6 is 0 Å². The smallest absolute Gasteiger partial charge is 0.239 e. The fraction of sp³-hybridized carbons (Fsp3) is 0.407. The average molecular weight is 482 g/mol. The quantitative estimate of drug-likeness (QED) is 0.578. The van der Waals surface area contributed by atoms with Crippen molar-refractivity contribution in [2.75, 3.05) is 37.5 Å². The molecule has 0 spiro atoms. The molecule has 8 heteroatoms. The second kappa shape index (κ2) is 10.2. The third-order valence-electron chi connectivity index (χ3n) is 6.51. The first-order chi connectivity index (χ1) is 16.7. The molecule has 35 heavy (non-hydrogen) atoms. The molecule has 1 amide bonds. The maximum absolute atomic E-state index is 15.3. The lowest BCUT2D eigenvalue weighted by Gasteiger charge is -2.38. The molecule has 2 aromatic carbocycles. The fourth-order valence-corrected chi connectivity index (χ4v) is 4.92. The Hall–Kier alpha value is -3.23. The van der Waals surface area contributed by atoms with Crippen molar-refractivity contribution >= 4 is 23.1 Å². The fourth-order valence-electron chi connectivity index (χ4n) is 4.92. The highest BCUT2D eigenvalue weighted by Crippen LogP contribution is 2.48. The Bertz CT molecular complexity index is 1140. The number of methoxy groups -OCH3 is 2. The standard InChI is InChI=1S/C27H32FN3O4/c1-27(2)13-20-25(22(32)14-27)26(17-9-5-6-10-18(17)28)31(21-12-8-7-11-19(21)30-20)16-23(33)29-15-24(34-3)35-4/h5-12,24,26,30H,13-16H2,1-4H3,(H,29,33). The molecule has 0 saturated heterocycles. The van der Waals surface area contributed by atoms with E-state index in [0.717, 1.165) is 11.4 Å². The predicted octanol–water partition coefficient (Wildman–Crippen LogP) is 4.18. The highest BCUT2D eigenvalue weighted by atomic mass is 19.1. The summed E-state index contributed by atoms with van der Waals surface area (Å²) in [5, 5.41) is 6.28. The lowest BCUT2D eigenvalue weighted by molar-refractivity contribution is -0.126. The number of anilines is 2. The summed E-state index contributed by atoms with van der Waals surface area (Å²) in [5.41, 5.74) is 2.87. The van der Waals surface area contributed by atoms with E-state index >= 15 is 4.39 Å². The van der Waals surface area contributed by atoms with Crippen molar-refractivity contribution in [3.63, 3.8) is 0 Å². The first kappa shape index (κ1) is 24.9. The SMILES string of the molecule is COC(CNC(=O)CN1c2ccccc2NC2=C(C(=O)CC(C)(C)C2)C1c1ccccc1F)OC. The zero-order chi connectivity index (χ0) is 25.2. The summed E-state index contributed by atoms with van der Waals surface area (Å²) in [7, 11) is 2.99. The number of para-hydroxylation sites is 2. The second-order valence-electron chi connectivity index (χ2n) is 9.73. The van der Waals surface area contributed by atoms with Gasteiger partial charge in [-0.3, -0.25) is 9.59 Å². The van der Waals surface area contributed by atoms with Gasteiger partial charge in [-0.15, -0.1) is 0 Å². The Balaban J connectivity index is 1.83. The maximum atomic E-state index is 15.3. The van der Waals surface area contributed by atoms with Gasteiger partial charge in [-0.25, -0.2) is 4.39 Å². The summed E-state index contributed by atoms with van der Waals surface area (Å²) in [6.07, 6.45) is 0.394. The van der Waals surface area contributed by atoms with Gasteiger partial charge in [-0.05, 0) is 30.0 Å². The van der Waals surface area contributed by atoms with Gasteiger partial charge in [0.2, 0.25) is 5.91 Å². The molecule has 7 nitrogen and oxygen atoms in total. The summed E-state index contributed by atoms with van der Waals surface area (Å²) >= 11 is 0. The molecule has 0 bridgehead atoms. The van der Waals surface area contributed by atoms with E-state index < -0.39 is 18.1 Å². The Morgan fingerprint density at radius 3 is 2.54 bits per heavy atom. The van der Waals surface area contributed by atoms with Crippen LogP contribution < -0.4 is 15.5 Å². The van der Waals surface area contributed by atoms with Crippen LogP contribution in [0.2, 0.25) is 0 Å². The number of allylic oxidation sites excluding steroid dienone is 1. The van der Waals surface area contributed by atoms with Crippen LogP contribution in [0.4, 0.5) is 15.8 Å². The normalized spacial score (nSPS) is 19.1. The molecule has 0 saturated carbocycles. The van der Waals surface area contributed by atoms with Gasteiger partial charge in [0, 0.05) is 37.5 Å². The Labute approximate surface area is 205 Å². The molecule has 1 atom stereocenters. The molecule has 2 N–H and O–H groups in total. The van der Waals surface area contributed by atoms with Gasteiger partial charge >= 0.3 is 0 Å². The number of hydrogen-bond donors (Lipinski definition) is 2. The molecule has 2 aliphatic rings. The number of halogens is 1. The van der Waals surface area contributed by atoms with Crippen molar-refractivity contribution in [3.8, 4) is 0 Å². The number of hydrogen-bond acceptors (Lipinski definition) is 6. The summed E-state index contributed by atoms with van der Waals surface area (Å²) in [4.78, 5) is 28.5. The minimum absolute atomic E-state index is 0.0472. The number of benzene rings is 2. The topological polar surface area (TPSA) is 79.9 Å². The van der Waals surface area contributed by atoms with Crippen LogP contribution in [0.15, 0.2) is 59.8 Å². The molecule has 1 unspecified atom stereocenters. The van der Waals surface area contributed by atoms with Crippen LogP contribution in [0, 0.1) is 11.2 Å². The number of ether oxygens (including phenoxy) is 2. The molecule has 1 aliphatic carbocycles. The van der Waals surface area contributed by atoms with Gasteiger partial charge in [-0.1, -0.05) is 44.2 Å². The lowest BCUT2D eigenvalue weighted by atomic mass is 9.73. The minimum Gasteiger partial charge on any atom is -0.357 e. The number of ketones is 1. The zero-order valence-electron chi connectivity index (χ0n) is 20.6. The minimum atomic E-state index is -0.766. The number of rotatable bonds is 7. The number of nitrogens with zero attached hydrogens (tertiary/aromatic N) is 1. The number of Topliss-reactive ketones (excluding diaryl/α,β-unsaturated/α-hetero) is 1. The van der Waals surface area contributed by atoms with Gasteiger partial charge in [-0.2, -0.15) is 0 Å². The molecule has 186 valence electrons. The van der Waals surface area contributed by atoms with Gasteiger partial charge in [0.15, 0.2) is 12.1 Å². The number of amides is 1. The second-order valence-corrected chi connectivity index (χ2v) is 9.73. The lowest BCUT2D eigenvalue weighted by Crippen LogP contribution is -2.44. The van der Waals surface area contributed by atoms with E-state index in [2.05, 4.69) is 24.5 Å². The number of carbonyl (C=O) groups excluding carboxylic acids is 2. The van der Waals surface area contributed by atoms with Crippen LogP contribution in [0.1, 0.15) is 38.3 Å². The summed E-state index contributed by atoms with van der Waals surface area (Å²) in [6.45, 7) is 4.17. The summed E-state index contributed by atoms with van der Waals surface area (Å²) in [6, 6.07) is 13.2.